The number of amidine groups is 1. The summed E-state index contributed by atoms with van der Waals surface area (Å²) in [6.07, 6.45) is 0.0410. The summed E-state index contributed by atoms with van der Waals surface area (Å²) in [4.78, 5) is 31.2. The molecule has 1 aliphatic rings. The van der Waals surface area contributed by atoms with Crippen LogP contribution in [0.25, 0.3) is 10.8 Å². The first-order valence-corrected chi connectivity index (χ1v) is 10.8. The molecule has 4 rings (SSSR count). The van der Waals surface area contributed by atoms with Gasteiger partial charge in [0.1, 0.15) is 5.25 Å². The van der Waals surface area contributed by atoms with Crippen LogP contribution in [0.2, 0.25) is 10.0 Å². The molecule has 0 radical (unpaired) electrons. The van der Waals surface area contributed by atoms with Crippen molar-refractivity contribution in [3.63, 3.8) is 0 Å². The maximum Gasteiger partial charge on any atom is 0.242 e. The number of nitrogens with zero attached hydrogens (tertiary/aromatic N) is 2. The number of fused-ring (bicyclic) bond motifs is 1. The van der Waals surface area contributed by atoms with E-state index in [4.69, 9.17) is 23.2 Å². The lowest BCUT2D eigenvalue weighted by atomic mass is 10.1. The predicted molar refractivity (Wildman–Crippen MR) is 125 cm³/mol. The van der Waals surface area contributed by atoms with E-state index in [0.29, 0.717) is 20.9 Å². The average molecular weight is 458 g/mol. The van der Waals surface area contributed by atoms with E-state index in [-0.39, 0.29) is 18.2 Å². The van der Waals surface area contributed by atoms with Crippen molar-refractivity contribution in [3.8, 4) is 0 Å². The monoisotopic (exact) mass is 457 g/mol. The van der Waals surface area contributed by atoms with Gasteiger partial charge in [-0.3, -0.25) is 14.5 Å². The number of carbonyl (C=O) groups is 2. The molecule has 0 aromatic heterocycles. The van der Waals surface area contributed by atoms with Gasteiger partial charge < -0.3 is 5.32 Å². The SMILES string of the molecule is CN1C(=O)C(CC(=O)Nc2cccc3ccccc23)SC1=Nc1cc(Cl)ccc1Cl. The molecule has 5 nitrogen and oxygen atoms in total. The van der Waals surface area contributed by atoms with Crippen LogP contribution in [0.5, 0.6) is 0 Å². The predicted octanol–water partition coefficient (Wildman–Crippen LogP) is 5.74. The van der Waals surface area contributed by atoms with Gasteiger partial charge in [0.05, 0.1) is 10.7 Å². The van der Waals surface area contributed by atoms with Crippen molar-refractivity contribution < 1.29 is 9.59 Å². The Labute approximate surface area is 188 Å². The molecule has 1 unspecified atom stereocenters. The number of anilines is 1. The summed E-state index contributed by atoms with van der Waals surface area (Å²) in [6.45, 7) is 0. The number of rotatable bonds is 4. The summed E-state index contributed by atoms with van der Waals surface area (Å²) in [5.41, 5.74) is 1.20. The van der Waals surface area contributed by atoms with Crippen molar-refractivity contribution in [1.29, 1.82) is 0 Å². The van der Waals surface area contributed by atoms with Crippen LogP contribution >= 0.6 is 35.0 Å². The Morgan fingerprint density at radius 1 is 1.13 bits per heavy atom. The van der Waals surface area contributed by atoms with E-state index in [1.807, 2.05) is 42.5 Å². The first-order chi connectivity index (χ1) is 14.4. The Balaban J connectivity index is 1.49. The molecular weight excluding hydrogens is 441 g/mol. The highest BCUT2D eigenvalue weighted by Gasteiger charge is 2.37. The number of halogens is 2. The number of aliphatic imine (C=N–C) groups is 1. The van der Waals surface area contributed by atoms with E-state index in [2.05, 4.69) is 10.3 Å². The first-order valence-electron chi connectivity index (χ1n) is 9.18. The summed E-state index contributed by atoms with van der Waals surface area (Å²) in [6, 6.07) is 18.5. The zero-order valence-electron chi connectivity index (χ0n) is 15.9. The highest BCUT2D eigenvalue weighted by atomic mass is 35.5. The van der Waals surface area contributed by atoms with Gasteiger partial charge >= 0.3 is 0 Å². The van der Waals surface area contributed by atoms with Gasteiger partial charge in [0.2, 0.25) is 11.8 Å². The van der Waals surface area contributed by atoms with Crippen LogP contribution in [0.4, 0.5) is 11.4 Å². The van der Waals surface area contributed by atoms with Gasteiger partial charge in [-0.2, -0.15) is 0 Å². The molecular formula is C22H17Cl2N3O2S. The van der Waals surface area contributed by atoms with Gasteiger partial charge in [0.25, 0.3) is 0 Å². The molecule has 30 heavy (non-hydrogen) atoms. The maximum absolute atomic E-state index is 12.7. The van der Waals surface area contributed by atoms with E-state index in [1.54, 1.807) is 25.2 Å². The summed E-state index contributed by atoms with van der Waals surface area (Å²) >= 11 is 13.4. The van der Waals surface area contributed by atoms with Crippen LogP contribution < -0.4 is 5.32 Å². The van der Waals surface area contributed by atoms with Gasteiger partial charge in [-0.15, -0.1) is 0 Å². The zero-order valence-corrected chi connectivity index (χ0v) is 18.3. The highest BCUT2D eigenvalue weighted by Crippen LogP contribution is 2.34. The number of nitrogens with one attached hydrogen (secondary N) is 1. The normalized spacial score (nSPS) is 17.7. The number of benzene rings is 3. The smallest absolute Gasteiger partial charge is 0.242 e. The van der Waals surface area contributed by atoms with Crippen LogP contribution in [0.1, 0.15) is 6.42 Å². The van der Waals surface area contributed by atoms with Crippen molar-refractivity contribution in [1.82, 2.24) is 4.90 Å². The van der Waals surface area contributed by atoms with Crippen LogP contribution in [-0.4, -0.2) is 34.2 Å². The van der Waals surface area contributed by atoms with Crippen molar-refractivity contribution in [3.05, 3.63) is 70.7 Å². The van der Waals surface area contributed by atoms with Gasteiger partial charge in [-0.1, -0.05) is 71.4 Å². The van der Waals surface area contributed by atoms with Crippen molar-refractivity contribution in [2.75, 3.05) is 12.4 Å². The molecule has 1 N–H and O–H groups in total. The summed E-state index contributed by atoms with van der Waals surface area (Å²) < 4.78 is 0. The molecule has 1 atom stereocenters. The molecule has 1 fully saturated rings. The molecule has 3 aromatic rings. The van der Waals surface area contributed by atoms with Gasteiger partial charge in [0.15, 0.2) is 5.17 Å². The molecule has 3 aromatic carbocycles. The molecule has 152 valence electrons. The molecule has 1 aliphatic heterocycles. The van der Waals surface area contributed by atoms with E-state index in [1.165, 1.54) is 16.7 Å². The average Bonchev–Trinajstić information content (AvgIpc) is 2.99. The summed E-state index contributed by atoms with van der Waals surface area (Å²) in [7, 11) is 1.63. The Morgan fingerprint density at radius 2 is 1.90 bits per heavy atom. The summed E-state index contributed by atoms with van der Waals surface area (Å²) in [5, 5.41) is 5.78. The lowest BCUT2D eigenvalue weighted by molar-refractivity contribution is -0.127. The molecule has 0 spiro atoms. The van der Waals surface area contributed by atoms with Crippen LogP contribution in [0, 0.1) is 0 Å². The molecule has 0 aliphatic carbocycles. The van der Waals surface area contributed by atoms with E-state index in [9.17, 15) is 9.59 Å². The highest BCUT2D eigenvalue weighted by molar-refractivity contribution is 8.15. The van der Waals surface area contributed by atoms with Gasteiger partial charge in [-0.05, 0) is 29.7 Å². The van der Waals surface area contributed by atoms with Crippen molar-refractivity contribution >= 4 is 74.1 Å². The van der Waals surface area contributed by atoms with Gasteiger partial charge in [0, 0.05) is 29.6 Å². The quantitative estimate of drug-likeness (QED) is 0.543. The third kappa shape index (κ3) is 4.31. The van der Waals surface area contributed by atoms with Crippen LogP contribution in [0.15, 0.2) is 65.7 Å². The lowest BCUT2D eigenvalue weighted by Crippen LogP contribution is -2.30. The lowest BCUT2D eigenvalue weighted by Gasteiger charge is -2.11. The fraction of sp³-hybridized carbons (Fsp3) is 0.136. The van der Waals surface area contributed by atoms with Crippen LogP contribution in [-0.2, 0) is 9.59 Å². The maximum atomic E-state index is 12.7. The minimum atomic E-state index is -0.554. The second-order valence-corrected chi connectivity index (χ2v) is 8.79. The van der Waals surface area contributed by atoms with Crippen molar-refractivity contribution in [2.45, 2.75) is 11.7 Å². The number of thioether (sulfide) groups is 1. The molecule has 0 saturated carbocycles. The standard InChI is InChI=1S/C22H17Cl2N3O2S/c1-27-21(29)19(30-22(27)26-18-11-14(23)9-10-16(18)24)12-20(28)25-17-8-4-6-13-5-2-3-7-15(13)17/h2-11,19H,12H2,1H3,(H,25,28). The Hall–Kier alpha value is -2.54. The van der Waals surface area contributed by atoms with E-state index < -0.39 is 5.25 Å². The zero-order chi connectivity index (χ0) is 21.3. The number of carbonyl (C=O) groups excluding carboxylic acids is 2. The fourth-order valence-corrected chi connectivity index (χ4v) is 4.65. The van der Waals surface area contributed by atoms with Gasteiger partial charge in [-0.25, -0.2) is 4.99 Å². The Morgan fingerprint density at radius 3 is 2.73 bits per heavy atom. The largest absolute Gasteiger partial charge is 0.325 e. The molecule has 0 bridgehead atoms. The summed E-state index contributed by atoms with van der Waals surface area (Å²) in [5.74, 6) is -0.405. The van der Waals surface area contributed by atoms with E-state index in [0.717, 1.165) is 16.5 Å². The second-order valence-electron chi connectivity index (χ2n) is 6.77. The third-order valence-electron chi connectivity index (χ3n) is 4.70. The van der Waals surface area contributed by atoms with Crippen molar-refractivity contribution in [2.24, 2.45) is 4.99 Å². The molecule has 8 heteroatoms. The second kappa shape index (κ2) is 8.68. The first kappa shape index (κ1) is 20.7. The topological polar surface area (TPSA) is 61.8 Å². The molecule has 1 heterocycles. The number of amides is 2. The number of hydrogen-bond donors (Lipinski definition) is 1. The fourth-order valence-electron chi connectivity index (χ4n) is 3.18. The molecule has 2 amide bonds. The van der Waals surface area contributed by atoms with E-state index >= 15 is 0 Å². The minimum Gasteiger partial charge on any atom is -0.325 e. The van der Waals surface area contributed by atoms with Crippen LogP contribution in [0.3, 0.4) is 0 Å². The Kier molecular flexibility index (Phi) is 5.99. The minimum absolute atomic E-state index is 0.0410. The molecule has 1 saturated heterocycles. The Bertz CT molecular complexity index is 1180. The number of hydrogen-bond acceptors (Lipinski definition) is 4. The third-order valence-corrected chi connectivity index (χ3v) is 6.48.